The van der Waals surface area contributed by atoms with Crippen molar-refractivity contribution in [2.45, 2.75) is 51.2 Å². The standard InChI is InChI=1S/C14H26N4.C2HF3O2/c1-11-3-5-12(6-4-11)14-13(9-16-17-14)10-18(2)8-7-15;3-2(4,5)1(6)7/h9,11-12H,3-8,10,15H2,1-2H3,(H,16,17);(H,6,7). The number of likely N-dealkylation sites (N-methyl/N-ethyl adjacent to an activating group) is 1. The first-order chi connectivity index (χ1) is 11.6. The van der Waals surface area contributed by atoms with Crippen LogP contribution in [0, 0.1) is 5.92 Å². The molecule has 0 bridgehead atoms. The fraction of sp³-hybridized carbons (Fsp3) is 0.750. The molecule has 9 heteroatoms. The molecule has 0 saturated heterocycles. The number of H-pyrrole nitrogens is 1. The zero-order chi connectivity index (χ0) is 19.0. The summed E-state index contributed by atoms with van der Waals surface area (Å²) in [4.78, 5) is 11.2. The highest BCUT2D eigenvalue weighted by molar-refractivity contribution is 5.73. The number of aromatic nitrogens is 2. The molecule has 144 valence electrons. The summed E-state index contributed by atoms with van der Waals surface area (Å²) < 4.78 is 31.7. The Balaban J connectivity index is 0.000000381. The van der Waals surface area contributed by atoms with Crippen LogP contribution in [0.1, 0.15) is 49.8 Å². The van der Waals surface area contributed by atoms with Gasteiger partial charge in [0.25, 0.3) is 0 Å². The number of aliphatic carboxylic acids is 1. The van der Waals surface area contributed by atoms with Crippen LogP contribution < -0.4 is 5.73 Å². The summed E-state index contributed by atoms with van der Waals surface area (Å²) in [7, 11) is 2.12. The van der Waals surface area contributed by atoms with Crippen LogP contribution >= 0.6 is 0 Å². The van der Waals surface area contributed by atoms with Crippen LogP contribution in [0.5, 0.6) is 0 Å². The Morgan fingerprint density at radius 1 is 1.40 bits per heavy atom. The van der Waals surface area contributed by atoms with Crippen molar-refractivity contribution in [1.29, 1.82) is 0 Å². The molecule has 1 fully saturated rings. The summed E-state index contributed by atoms with van der Waals surface area (Å²) in [5.74, 6) is -1.18. The van der Waals surface area contributed by atoms with Crippen molar-refractivity contribution >= 4 is 5.97 Å². The van der Waals surface area contributed by atoms with Crippen molar-refractivity contribution < 1.29 is 23.1 Å². The van der Waals surface area contributed by atoms with E-state index in [-0.39, 0.29) is 0 Å². The molecule has 1 saturated carbocycles. The Hall–Kier alpha value is -1.61. The van der Waals surface area contributed by atoms with Crippen molar-refractivity contribution in [3.8, 4) is 0 Å². The van der Waals surface area contributed by atoms with Gasteiger partial charge in [-0.15, -0.1) is 0 Å². The summed E-state index contributed by atoms with van der Waals surface area (Å²) in [5.41, 5.74) is 8.31. The molecular weight excluding hydrogens is 337 g/mol. The molecule has 4 N–H and O–H groups in total. The van der Waals surface area contributed by atoms with Crippen LogP contribution in [-0.4, -0.2) is 52.5 Å². The average Bonchev–Trinajstić information content (AvgIpc) is 2.96. The third-order valence-corrected chi connectivity index (χ3v) is 4.37. The van der Waals surface area contributed by atoms with Crippen molar-refractivity contribution in [2.24, 2.45) is 11.7 Å². The van der Waals surface area contributed by atoms with Gasteiger partial charge >= 0.3 is 12.1 Å². The molecule has 0 atom stereocenters. The monoisotopic (exact) mass is 364 g/mol. The fourth-order valence-corrected chi connectivity index (χ4v) is 2.94. The highest BCUT2D eigenvalue weighted by atomic mass is 19.4. The van der Waals surface area contributed by atoms with Gasteiger partial charge in [-0.2, -0.15) is 18.3 Å². The van der Waals surface area contributed by atoms with E-state index in [9.17, 15) is 13.2 Å². The van der Waals surface area contributed by atoms with Crippen molar-refractivity contribution in [1.82, 2.24) is 15.1 Å². The Labute approximate surface area is 145 Å². The third kappa shape index (κ3) is 7.43. The van der Waals surface area contributed by atoms with Crippen molar-refractivity contribution in [3.05, 3.63) is 17.5 Å². The maximum absolute atomic E-state index is 10.6. The summed E-state index contributed by atoms with van der Waals surface area (Å²) in [6.07, 6.45) is 2.21. The lowest BCUT2D eigenvalue weighted by Crippen LogP contribution is -2.25. The van der Waals surface area contributed by atoms with Crippen LogP contribution in [-0.2, 0) is 11.3 Å². The number of aromatic amines is 1. The molecule has 0 unspecified atom stereocenters. The van der Waals surface area contributed by atoms with Crippen molar-refractivity contribution in [2.75, 3.05) is 20.1 Å². The molecule has 1 heterocycles. The number of carboxylic acid groups (broad SMARTS) is 1. The van der Waals surface area contributed by atoms with E-state index in [0.29, 0.717) is 12.5 Å². The summed E-state index contributed by atoms with van der Waals surface area (Å²) in [6.45, 7) is 4.96. The number of carbonyl (C=O) groups is 1. The van der Waals surface area contributed by atoms with Gasteiger partial charge in [-0.05, 0) is 25.8 Å². The predicted octanol–water partition coefficient (Wildman–Crippen LogP) is 2.73. The van der Waals surface area contributed by atoms with Gasteiger partial charge in [0, 0.05) is 36.8 Å². The molecule has 0 aromatic carbocycles. The van der Waals surface area contributed by atoms with Gasteiger partial charge in [-0.25, -0.2) is 4.79 Å². The number of nitrogens with zero attached hydrogens (tertiary/aromatic N) is 2. The van der Waals surface area contributed by atoms with Gasteiger partial charge in [0.2, 0.25) is 0 Å². The molecule has 1 aliphatic carbocycles. The average molecular weight is 364 g/mol. The lowest BCUT2D eigenvalue weighted by Gasteiger charge is -2.26. The third-order valence-electron chi connectivity index (χ3n) is 4.37. The van der Waals surface area contributed by atoms with Crippen LogP contribution in [0.2, 0.25) is 0 Å². The second kappa shape index (κ2) is 9.76. The van der Waals surface area contributed by atoms with Gasteiger partial charge in [-0.3, -0.25) is 5.10 Å². The van der Waals surface area contributed by atoms with Crippen LogP contribution in [0.15, 0.2) is 6.20 Å². The van der Waals surface area contributed by atoms with Crippen LogP contribution in [0.25, 0.3) is 0 Å². The van der Waals surface area contributed by atoms with E-state index in [1.54, 1.807) is 0 Å². The largest absolute Gasteiger partial charge is 0.490 e. The molecule has 25 heavy (non-hydrogen) atoms. The van der Waals surface area contributed by atoms with Crippen LogP contribution in [0.3, 0.4) is 0 Å². The van der Waals surface area contributed by atoms with E-state index < -0.39 is 12.1 Å². The maximum Gasteiger partial charge on any atom is 0.490 e. The highest BCUT2D eigenvalue weighted by Crippen LogP contribution is 2.36. The molecule has 0 spiro atoms. The quantitative estimate of drug-likeness (QED) is 0.747. The molecule has 6 nitrogen and oxygen atoms in total. The summed E-state index contributed by atoms with van der Waals surface area (Å²) >= 11 is 0. The first kappa shape index (κ1) is 21.4. The molecule has 0 aliphatic heterocycles. The van der Waals surface area contributed by atoms with Crippen molar-refractivity contribution in [3.63, 3.8) is 0 Å². The smallest absolute Gasteiger partial charge is 0.475 e. The maximum atomic E-state index is 10.6. The number of nitrogens with two attached hydrogens (primary N) is 1. The Morgan fingerprint density at radius 3 is 2.44 bits per heavy atom. The lowest BCUT2D eigenvalue weighted by molar-refractivity contribution is -0.192. The lowest BCUT2D eigenvalue weighted by atomic mass is 9.80. The zero-order valence-electron chi connectivity index (χ0n) is 14.6. The molecule has 0 amide bonds. The van der Waals surface area contributed by atoms with E-state index in [0.717, 1.165) is 19.0 Å². The summed E-state index contributed by atoms with van der Waals surface area (Å²) in [5, 5.41) is 14.6. The number of hydrogen-bond donors (Lipinski definition) is 3. The topological polar surface area (TPSA) is 95.2 Å². The minimum Gasteiger partial charge on any atom is -0.475 e. The van der Waals surface area contributed by atoms with E-state index in [2.05, 4.69) is 29.1 Å². The number of rotatable bonds is 5. The number of carboxylic acids is 1. The van der Waals surface area contributed by atoms with Crippen LogP contribution in [0.4, 0.5) is 13.2 Å². The number of nitrogens with one attached hydrogen (secondary N) is 1. The molecule has 1 aromatic rings. The van der Waals surface area contributed by atoms with Gasteiger partial charge in [0.15, 0.2) is 0 Å². The van der Waals surface area contributed by atoms with Gasteiger partial charge < -0.3 is 15.7 Å². The Morgan fingerprint density at radius 2 is 1.96 bits per heavy atom. The van der Waals surface area contributed by atoms with Gasteiger partial charge in [0.05, 0.1) is 6.20 Å². The fourth-order valence-electron chi connectivity index (χ4n) is 2.94. The minimum absolute atomic E-state index is 0.685. The van der Waals surface area contributed by atoms with E-state index >= 15 is 0 Å². The minimum atomic E-state index is -5.08. The first-order valence-corrected chi connectivity index (χ1v) is 8.36. The van der Waals surface area contributed by atoms with E-state index in [1.807, 2.05) is 6.20 Å². The van der Waals surface area contributed by atoms with Gasteiger partial charge in [0.1, 0.15) is 0 Å². The first-order valence-electron chi connectivity index (χ1n) is 8.36. The molecule has 1 aromatic heterocycles. The van der Waals surface area contributed by atoms with E-state index in [1.165, 1.54) is 36.9 Å². The predicted molar refractivity (Wildman–Crippen MR) is 88.0 cm³/mol. The molecule has 1 aliphatic rings. The molecular formula is C16H27F3N4O2. The Kier molecular flexibility index (Phi) is 8.37. The molecule has 0 radical (unpaired) electrons. The SMILES string of the molecule is CC1CCC(c2[nH]ncc2CN(C)CCN)CC1.O=C(O)C(F)(F)F. The van der Waals surface area contributed by atoms with E-state index in [4.69, 9.17) is 15.6 Å². The summed E-state index contributed by atoms with van der Waals surface area (Å²) in [6, 6.07) is 0. The number of hydrogen-bond acceptors (Lipinski definition) is 4. The number of halogens is 3. The Bertz CT molecular complexity index is 526. The van der Waals surface area contributed by atoms with Gasteiger partial charge in [-0.1, -0.05) is 19.8 Å². The second-order valence-electron chi connectivity index (χ2n) is 6.60. The highest BCUT2D eigenvalue weighted by Gasteiger charge is 2.38. The zero-order valence-corrected chi connectivity index (χ0v) is 14.6. The normalized spacial score (nSPS) is 20.9. The molecule has 2 rings (SSSR count). The second-order valence-corrected chi connectivity index (χ2v) is 6.60. The number of alkyl halides is 3.